The zero-order valence-corrected chi connectivity index (χ0v) is 27.6. The number of fused-ring (bicyclic) bond motifs is 1. The molecule has 2 N–H and O–H groups in total. The summed E-state index contributed by atoms with van der Waals surface area (Å²) in [6.45, 7) is 1.87. The molecule has 13 heteroatoms. The van der Waals surface area contributed by atoms with Gasteiger partial charge in [0.1, 0.15) is 22.3 Å². The summed E-state index contributed by atoms with van der Waals surface area (Å²) < 4.78 is 64.7. The number of primary amides is 1. The summed E-state index contributed by atoms with van der Waals surface area (Å²) in [6.07, 6.45) is 1.65. The number of halogens is 3. The summed E-state index contributed by atoms with van der Waals surface area (Å²) in [7, 11) is -1.84. The molecule has 0 atom stereocenters. The molecule has 3 aromatic carbocycles. The second kappa shape index (κ2) is 13.9. The predicted octanol–water partition coefficient (Wildman–Crippen LogP) is 7.60. The monoisotopic (exact) mass is 690 g/mol. The summed E-state index contributed by atoms with van der Waals surface area (Å²) >= 11 is 7.37. The summed E-state index contributed by atoms with van der Waals surface area (Å²) in [5, 5.41) is -0.270. The van der Waals surface area contributed by atoms with Gasteiger partial charge in [-0.3, -0.25) is 4.79 Å². The molecule has 1 aliphatic rings. The van der Waals surface area contributed by atoms with Crippen molar-refractivity contribution < 1.29 is 36.3 Å². The molecule has 2 amide bonds. The maximum atomic E-state index is 14.7. The predicted molar refractivity (Wildman–Crippen MR) is 174 cm³/mol. The van der Waals surface area contributed by atoms with E-state index >= 15 is 0 Å². The van der Waals surface area contributed by atoms with Gasteiger partial charge in [-0.1, -0.05) is 36.7 Å². The van der Waals surface area contributed by atoms with Crippen LogP contribution in [-0.2, 0) is 21.1 Å². The summed E-state index contributed by atoms with van der Waals surface area (Å²) in [4.78, 5) is 27.3. The van der Waals surface area contributed by atoms with Gasteiger partial charge in [0.25, 0.3) is 5.91 Å². The second-order valence-electron chi connectivity index (χ2n) is 11.2. The summed E-state index contributed by atoms with van der Waals surface area (Å²) in [6, 6.07) is 13.8. The lowest BCUT2D eigenvalue weighted by Gasteiger charge is -2.37. The van der Waals surface area contributed by atoms with Crippen LogP contribution in [0.5, 0.6) is 5.75 Å². The van der Waals surface area contributed by atoms with Gasteiger partial charge < -0.3 is 20.1 Å². The van der Waals surface area contributed by atoms with Crippen molar-refractivity contribution in [2.45, 2.75) is 50.1 Å². The highest BCUT2D eigenvalue weighted by Crippen LogP contribution is 2.41. The van der Waals surface area contributed by atoms with E-state index in [1.807, 2.05) is 12.1 Å². The first-order chi connectivity index (χ1) is 21.9. The Morgan fingerprint density at radius 2 is 1.65 bits per heavy atom. The molecule has 46 heavy (non-hydrogen) atoms. The number of carbonyl (C=O) groups excluding carboxylic acids is 2. The molecular formula is C33H33ClF2N2O6S2. The number of nitrogens with zero attached hydrogens (tertiary/aromatic N) is 1. The molecule has 0 saturated heterocycles. The number of hydrogen-bond donors (Lipinski definition) is 1. The lowest BCUT2D eigenvalue weighted by molar-refractivity contribution is 0.0554. The van der Waals surface area contributed by atoms with E-state index in [1.54, 1.807) is 42.2 Å². The number of rotatable bonds is 10. The normalized spacial score (nSPS) is 16.7. The number of sulfone groups is 1. The number of nitrogens with two attached hydrogens (primary N) is 1. The van der Waals surface area contributed by atoms with Crippen LogP contribution in [0.15, 0.2) is 59.5 Å². The Kier molecular flexibility index (Phi) is 10.2. The Morgan fingerprint density at radius 3 is 2.26 bits per heavy atom. The summed E-state index contributed by atoms with van der Waals surface area (Å²) in [5.74, 6) is -1.26. The van der Waals surface area contributed by atoms with Crippen LogP contribution in [0, 0.1) is 17.6 Å². The van der Waals surface area contributed by atoms with Gasteiger partial charge in [0.15, 0.2) is 9.84 Å². The van der Waals surface area contributed by atoms with Crippen LogP contribution in [0.1, 0.15) is 47.8 Å². The van der Waals surface area contributed by atoms with Crippen molar-refractivity contribution >= 4 is 54.9 Å². The van der Waals surface area contributed by atoms with Gasteiger partial charge in [-0.15, -0.1) is 11.3 Å². The van der Waals surface area contributed by atoms with E-state index in [1.165, 1.54) is 7.11 Å². The molecular weight excluding hydrogens is 658 g/mol. The van der Waals surface area contributed by atoms with Crippen molar-refractivity contribution in [2.24, 2.45) is 11.7 Å². The van der Waals surface area contributed by atoms with Crippen LogP contribution in [0.3, 0.4) is 0 Å². The number of methoxy groups -OCH3 is 1. The molecule has 1 fully saturated rings. The van der Waals surface area contributed by atoms with Crippen LogP contribution >= 0.6 is 22.9 Å². The minimum atomic E-state index is -3.36. The number of hydrogen-bond acceptors (Lipinski definition) is 7. The van der Waals surface area contributed by atoms with Gasteiger partial charge in [0, 0.05) is 18.2 Å². The maximum absolute atomic E-state index is 14.7. The average Bonchev–Trinajstić information content (AvgIpc) is 3.42. The van der Waals surface area contributed by atoms with E-state index < -0.39 is 33.5 Å². The fourth-order valence-electron chi connectivity index (χ4n) is 5.84. The van der Waals surface area contributed by atoms with Crippen molar-refractivity contribution in [3.8, 4) is 16.9 Å². The van der Waals surface area contributed by atoms with Crippen LogP contribution in [0.4, 0.5) is 13.6 Å². The molecule has 1 saturated carbocycles. The number of ether oxygens (including phenoxy) is 2. The van der Waals surface area contributed by atoms with Crippen LogP contribution in [-0.4, -0.2) is 50.8 Å². The van der Waals surface area contributed by atoms with Gasteiger partial charge in [0.2, 0.25) is 0 Å². The lowest BCUT2D eigenvalue weighted by atomic mass is 9.85. The Labute approximate surface area is 275 Å². The van der Waals surface area contributed by atoms with E-state index in [0.29, 0.717) is 37.0 Å². The van der Waals surface area contributed by atoms with Crippen LogP contribution in [0.25, 0.3) is 21.2 Å². The zero-order valence-electron chi connectivity index (χ0n) is 25.2. The van der Waals surface area contributed by atoms with E-state index in [9.17, 15) is 26.8 Å². The highest BCUT2D eigenvalue weighted by Gasteiger charge is 2.33. The number of thiophene rings is 1. The fourth-order valence-corrected chi connectivity index (χ4v) is 8.23. The first-order valence-electron chi connectivity index (χ1n) is 14.7. The van der Waals surface area contributed by atoms with E-state index in [0.717, 1.165) is 34.6 Å². The van der Waals surface area contributed by atoms with Crippen molar-refractivity contribution in [2.75, 3.05) is 19.5 Å². The Hall–Kier alpha value is -3.74. The molecule has 244 valence electrons. The molecule has 0 aliphatic heterocycles. The Morgan fingerprint density at radius 1 is 1.00 bits per heavy atom. The topological polar surface area (TPSA) is 116 Å². The minimum absolute atomic E-state index is 0.00786. The molecule has 0 bridgehead atoms. The maximum Gasteiger partial charge on any atom is 0.404 e. The zero-order chi connectivity index (χ0) is 33.2. The largest absolute Gasteiger partial charge is 0.496 e. The van der Waals surface area contributed by atoms with E-state index in [-0.39, 0.29) is 55.7 Å². The molecule has 1 aliphatic carbocycles. The summed E-state index contributed by atoms with van der Waals surface area (Å²) in [5.41, 5.74) is 7.36. The van der Waals surface area contributed by atoms with Crippen LogP contribution in [0.2, 0.25) is 5.02 Å². The molecule has 1 aromatic heterocycles. The number of carbonyl (C=O) groups is 2. The van der Waals surface area contributed by atoms with E-state index in [4.69, 9.17) is 26.8 Å². The van der Waals surface area contributed by atoms with Crippen molar-refractivity contribution in [3.63, 3.8) is 0 Å². The van der Waals surface area contributed by atoms with Gasteiger partial charge >= 0.3 is 6.09 Å². The first-order valence-corrected chi connectivity index (χ1v) is 17.6. The third-order valence-corrected chi connectivity index (χ3v) is 11.8. The van der Waals surface area contributed by atoms with E-state index in [2.05, 4.69) is 0 Å². The van der Waals surface area contributed by atoms with Crippen LogP contribution < -0.4 is 10.5 Å². The second-order valence-corrected chi connectivity index (χ2v) is 14.8. The van der Waals surface area contributed by atoms with Crippen molar-refractivity contribution in [1.82, 2.24) is 4.90 Å². The minimum Gasteiger partial charge on any atom is -0.496 e. The molecule has 0 radical (unpaired) electrons. The van der Waals surface area contributed by atoms with Crippen molar-refractivity contribution in [3.05, 3.63) is 81.7 Å². The average molecular weight is 691 g/mol. The SMILES string of the molecule is CCS(=O)(=O)c1ccc(-c2ccc(OC)c(CN(C(=O)c3sc4c(F)ccc(F)c4c3Cl)C3CCC(COC(N)=O)CC3)c2)cc1. The molecule has 0 unspecified atom stereocenters. The van der Waals surface area contributed by atoms with Gasteiger partial charge in [-0.05, 0) is 79.1 Å². The highest BCUT2D eigenvalue weighted by molar-refractivity contribution is 7.91. The number of amides is 2. The third kappa shape index (κ3) is 6.98. The Bertz CT molecular complexity index is 1870. The Balaban J connectivity index is 1.51. The standard InChI is InChI=1S/C33H33ClF2N2O6S2/c1-3-46(41,42)24-11-6-20(7-12-24)21-8-15-27(43-2)22(16-21)17-38(23-9-4-19(5-10-23)18-44-33(37)40)32(39)31-29(34)28-25(35)13-14-26(36)30(28)45-31/h6-8,11-16,19,23H,3-5,9-10,17-18H2,1-2H3,(H2,37,40). The van der Waals surface area contributed by atoms with Crippen molar-refractivity contribution in [1.29, 1.82) is 0 Å². The molecule has 0 spiro atoms. The molecule has 1 heterocycles. The first kappa shape index (κ1) is 33.6. The third-order valence-electron chi connectivity index (χ3n) is 8.40. The highest BCUT2D eigenvalue weighted by atomic mass is 35.5. The molecule has 8 nitrogen and oxygen atoms in total. The quantitative estimate of drug-likeness (QED) is 0.183. The smallest absolute Gasteiger partial charge is 0.404 e. The van der Waals surface area contributed by atoms with Gasteiger partial charge in [-0.2, -0.15) is 0 Å². The van der Waals surface area contributed by atoms with Gasteiger partial charge in [-0.25, -0.2) is 22.0 Å². The molecule has 5 rings (SSSR count). The lowest BCUT2D eigenvalue weighted by Crippen LogP contribution is -2.42. The van der Waals surface area contributed by atoms with Gasteiger partial charge in [0.05, 0.1) is 39.5 Å². The fraction of sp³-hybridized carbons (Fsp3) is 0.333. The molecule has 4 aromatic rings. The number of benzene rings is 3.